The van der Waals surface area contributed by atoms with Crippen molar-refractivity contribution in [3.8, 4) is 0 Å². The number of para-hydroxylation sites is 1. The van der Waals surface area contributed by atoms with E-state index in [1.807, 2.05) is 24.3 Å². The van der Waals surface area contributed by atoms with Crippen LogP contribution in [0.25, 0.3) is 17.0 Å². The van der Waals surface area contributed by atoms with E-state index in [0.717, 1.165) is 27.6 Å². The lowest BCUT2D eigenvalue weighted by Crippen LogP contribution is -2.27. The van der Waals surface area contributed by atoms with Gasteiger partial charge in [0.05, 0.1) is 25.2 Å². The quantitative estimate of drug-likeness (QED) is 0.380. The van der Waals surface area contributed by atoms with Crippen molar-refractivity contribution in [1.82, 2.24) is 9.47 Å². The van der Waals surface area contributed by atoms with Crippen molar-refractivity contribution in [3.05, 3.63) is 64.6 Å². The highest BCUT2D eigenvalue weighted by molar-refractivity contribution is 8.18. The summed E-state index contributed by atoms with van der Waals surface area (Å²) in [6.07, 6.45) is 3.39. The van der Waals surface area contributed by atoms with Gasteiger partial charge in [0.25, 0.3) is 11.1 Å². The highest BCUT2D eigenvalue weighted by atomic mass is 32.2. The van der Waals surface area contributed by atoms with Crippen LogP contribution in [0.15, 0.2) is 51.9 Å². The van der Waals surface area contributed by atoms with Crippen molar-refractivity contribution < 1.29 is 33.1 Å². The number of amides is 2. The number of nitrogens with zero attached hydrogens (tertiary/aromatic N) is 2. The summed E-state index contributed by atoms with van der Waals surface area (Å²) in [5.41, 5.74) is 1.51. The zero-order valence-corrected chi connectivity index (χ0v) is 18.7. The summed E-state index contributed by atoms with van der Waals surface area (Å²) < 4.78 is 16.8. The first-order valence-corrected chi connectivity index (χ1v) is 10.9. The molecule has 0 N–H and O–H groups in total. The number of methoxy groups -OCH3 is 1. The van der Waals surface area contributed by atoms with Gasteiger partial charge >= 0.3 is 11.9 Å². The fraction of sp³-hybridized carbons (Fsp3) is 0.217. The first-order valence-electron chi connectivity index (χ1n) is 10.1. The molecule has 3 heterocycles. The van der Waals surface area contributed by atoms with Crippen molar-refractivity contribution in [2.24, 2.45) is 0 Å². The molecule has 1 fully saturated rings. The Kier molecular flexibility index (Phi) is 6.36. The number of carbonyl (C=O) groups is 4. The van der Waals surface area contributed by atoms with E-state index in [-0.39, 0.29) is 42.1 Å². The number of thioether (sulfide) groups is 1. The Hall–Kier alpha value is -3.79. The molecule has 1 saturated heterocycles. The maximum absolute atomic E-state index is 12.9. The van der Waals surface area contributed by atoms with E-state index >= 15 is 0 Å². The summed E-state index contributed by atoms with van der Waals surface area (Å²) in [6.45, 7) is 1.95. The van der Waals surface area contributed by atoms with Gasteiger partial charge in [0.2, 0.25) is 5.76 Å². The fourth-order valence-electron chi connectivity index (χ4n) is 3.47. The Morgan fingerprint density at radius 1 is 1.15 bits per heavy atom. The SMILES string of the molecule is CCOC(=O)Cn1cc(/C=C2/SC(=O)N(Cc3ccc(C(=O)OC)o3)C2=O)c2ccccc21. The van der Waals surface area contributed by atoms with Crippen LogP contribution in [0.1, 0.15) is 28.8 Å². The van der Waals surface area contributed by atoms with Crippen LogP contribution in [0, 0.1) is 0 Å². The minimum Gasteiger partial charge on any atom is -0.465 e. The predicted octanol–water partition coefficient (Wildman–Crippen LogP) is 3.82. The average Bonchev–Trinajstić information content (AvgIpc) is 3.48. The molecule has 4 rings (SSSR count). The van der Waals surface area contributed by atoms with Crippen LogP contribution in [-0.2, 0) is 32.2 Å². The number of fused-ring (bicyclic) bond motifs is 1. The zero-order chi connectivity index (χ0) is 23.5. The van der Waals surface area contributed by atoms with Crippen molar-refractivity contribution in [1.29, 1.82) is 0 Å². The van der Waals surface area contributed by atoms with Crippen molar-refractivity contribution in [2.45, 2.75) is 20.0 Å². The fourth-order valence-corrected chi connectivity index (χ4v) is 4.30. The van der Waals surface area contributed by atoms with Crippen LogP contribution in [-0.4, -0.2) is 46.3 Å². The number of furan rings is 1. The van der Waals surface area contributed by atoms with E-state index in [0.29, 0.717) is 5.56 Å². The summed E-state index contributed by atoms with van der Waals surface area (Å²) in [7, 11) is 1.23. The Bertz CT molecular complexity index is 1290. The molecule has 1 aliphatic heterocycles. The minimum atomic E-state index is -0.644. The minimum absolute atomic E-state index is 0.00979. The second-order valence-electron chi connectivity index (χ2n) is 7.06. The summed E-state index contributed by atoms with van der Waals surface area (Å²) >= 11 is 0.818. The summed E-state index contributed by atoms with van der Waals surface area (Å²) in [6, 6.07) is 10.4. The number of esters is 2. The van der Waals surface area contributed by atoms with E-state index < -0.39 is 17.1 Å². The van der Waals surface area contributed by atoms with Gasteiger partial charge in [-0.15, -0.1) is 0 Å². The normalized spacial score (nSPS) is 15.0. The molecule has 0 spiro atoms. The van der Waals surface area contributed by atoms with Crippen LogP contribution < -0.4 is 0 Å². The van der Waals surface area contributed by atoms with Gasteiger partial charge in [0.1, 0.15) is 12.3 Å². The number of imide groups is 1. The molecule has 0 atom stereocenters. The molecule has 1 aromatic carbocycles. The lowest BCUT2D eigenvalue weighted by molar-refractivity contribution is -0.143. The van der Waals surface area contributed by atoms with Gasteiger partial charge in [-0.25, -0.2) is 4.79 Å². The lowest BCUT2D eigenvalue weighted by Gasteiger charge is -2.09. The van der Waals surface area contributed by atoms with E-state index in [9.17, 15) is 19.2 Å². The highest BCUT2D eigenvalue weighted by Gasteiger charge is 2.36. The summed E-state index contributed by atoms with van der Waals surface area (Å²) in [5.74, 6) is -1.21. The number of aromatic nitrogens is 1. The average molecular weight is 468 g/mol. The summed E-state index contributed by atoms with van der Waals surface area (Å²) in [4.78, 5) is 50.3. The molecule has 10 heteroatoms. The Morgan fingerprint density at radius 3 is 2.70 bits per heavy atom. The maximum atomic E-state index is 12.9. The number of ether oxygens (including phenoxy) is 2. The second-order valence-corrected chi connectivity index (χ2v) is 8.05. The smallest absolute Gasteiger partial charge is 0.373 e. The number of benzene rings is 1. The Labute approximate surface area is 192 Å². The standard InChI is InChI=1S/C23H20N2O7S/c1-3-31-20(26)13-24-11-14(16-6-4-5-7-17(16)24)10-19-21(27)25(23(29)33-19)12-15-8-9-18(32-15)22(28)30-2/h4-11H,3,12-13H2,1-2H3/b19-10+. The largest absolute Gasteiger partial charge is 0.465 e. The van der Waals surface area contributed by atoms with Crippen LogP contribution in [0.3, 0.4) is 0 Å². The number of carbonyl (C=O) groups excluding carboxylic acids is 4. The molecule has 2 amide bonds. The third kappa shape index (κ3) is 4.56. The monoisotopic (exact) mass is 468 g/mol. The molecular weight excluding hydrogens is 448 g/mol. The van der Waals surface area contributed by atoms with Crippen molar-refractivity contribution in [2.75, 3.05) is 13.7 Å². The van der Waals surface area contributed by atoms with Gasteiger partial charge in [-0.1, -0.05) is 18.2 Å². The van der Waals surface area contributed by atoms with Gasteiger partial charge in [-0.05, 0) is 43.0 Å². The number of hydrogen-bond acceptors (Lipinski definition) is 8. The van der Waals surface area contributed by atoms with E-state index in [4.69, 9.17) is 9.15 Å². The van der Waals surface area contributed by atoms with Gasteiger partial charge in [0.15, 0.2) is 0 Å². The van der Waals surface area contributed by atoms with E-state index in [1.54, 1.807) is 23.8 Å². The topological polar surface area (TPSA) is 108 Å². The Balaban J connectivity index is 1.59. The number of hydrogen-bond donors (Lipinski definition) is 0. The molecule has 9 nitrogen and oxygen atoms in total. The highest BCUT2D eigenvalue weighted by Crippen LogP contribution is 2.35. The first kappa shape index (κ1) is 22.4. The molecule has 170 valence electrons. The molecule has 0 unspecified atom stereocenters. The first-order chi connectivity index (χ1) is 15.9. The molecule has 3 aromatic rings. The second kappa shape index (κ2) is 9.37. The van der Waals surface area contributed by atoms with Crippen molar-refractivity contribution >= 4 is 51.8 Å². The third-order valence-corrected chi connectivity index (χ3v) is 5.85. The third-order valence-electron chi connectivity index (χ3n) is 4.95. The molecule has 0 saturated carbocycles. The van der Waals surface area contributed by atoms with Gasteiger partial charge < -0.3 is 18.5 Å². The van der Waals surface area contributed by atoms with Crippen LogP contribution in [0.2, 0.25) is 0 Å². The van der Waals surface area contributed by atoms with E-state index in [2.05, 4.69) is 4.74 Å². The maximum Gasteiger partial charge on any atom is 0.373 e. The van der Waals surface area contributed by atoms with Gasteiger partial charge in [-0.2, -0.15) is 0 Å². The molecule has 0 aliphatic carbocycles. The van der Waals surface area contributed by atoms with Crippen LogP contribution >= 0.6 is 11.8 Å². The molecule has 1 aliphatic rings. The predicted molar refractivity (Wildman–Crippen MR) is 120 cm³/mol. The molecule has 2 aromatic heterocycles. The summed E-state index contributed by atoms with van der Waals surface area (Å²) in [5, 5.41) is 0.389. The lowest BCUT2D eigenvalue weighted by atomic mass is 10.1. The van der Waals surface area contributed by atoms with Crippen molar-refractivity contribution in [3.63, 3.8) is 0 Å². The number of rotatable bonds is 7. The molecule has 0 bridgehead atoms. The molecule has 33 heavy (non-hydrogen) atoms. The van der Waals surface area contributed by atoms with Crippen LogP contribution in [0.5, 0.6) is 0 Å². The molecule has 0 radical (unpaired) electrons. The van der Waals surface area contributed by atoms with Crippen LogP contribution in [0.4, 0.5) is 4.79 Å². The van der Waals surface area contributed by atoms with E-state index in [1.165, 1.54) is 19.2 Å². The Morgan fingerprint density at radius 2 is 1.94 bits per heavy atom. The van der Waals surface area contributed by atoms with Gasteiger partial charge in [0, 0.05) is 22.7 Å². The zero-order valence-electron chi connectivity index (χ0n) is 17.9. The molecular formula is C23H20N2O7S. The van der Waals surface area contributed by atoms with Gasteiger partial charge in [-0.3, -0.25) is 19.3 Å².